The van der Waals surface area contributed by atoms with Gasteiger partial charge in [0.25, 0.3) is 0 Å². The van der Waals surface area contributed by atoms with Crippen LogP contribution in [0.1, 0.15) is 5.56 Å². The van der Waals surface area contributed by atoms with Gasteiger partial charge in [-0.3, -0.25) is 0 Å². The van der Waals surface area contributed by atoms with Gasteiger partial charge in [-0.15, -0.1) is 13.2 Å². The van der Waals surface area contributed by atoms with E-state index in [0.717, 1.165) is 0 Å². The topological polar surface area (TPSA) is 48.1 Å². The van der Waals surface area contributed by atoms with E-state index >= 15 is 0 Å². The molecule has 0 aromatic carbocycles. The predicted molar refractivity (Wildman–Crippen MR) is 46.5 cm³/mol. The number of alkyl halides is 3. The largest absolute Gasteiger partial charge is 0.574 e. The number of hydrogen-bond acceptors (Lipinski definition) is 3. The van der Waals surface area contributed by atoms with Crippen LogP contribution in [-0.4, -0.2) is 11.3 Å². The van der Waals surface area contributed by atoms with Crippen LogP contribution in [0.4, 0.5) is 17.6 Å². The van der Waals surface area contributed by atoms with Crippen molar-refractivity contribution in [2.45, 2.75) is 12.9 Å². The fourth-order valence-electron chi connectivity index (χ4n) is 0.843. The second-order valence-electron chi connectivity index (χ2n) is 2.46. The van der Waals surface area contributed by atoms with Gasteiger partial charge in [-0.2, -0.15) is 0 Å². The molecule has 0 saturated carbocycles. The first-order valence-corrected chi connectivity index (χ1v) is 4.43. The molecule has 0 radical (unpaired) electrons. The first-order chi connectivity index (χ1) is 6.83. The Morgan fingerprint density at radius 3 is 2.47 bits per heavy atom. The van der Waals surface area contributed by atoms with Crippen LogP contribution in [0, 0.1) is 5.82 Å². The fraction of sp³-hybridized carbons (Fsp3) is 0.286. The molecule has 84 valence electrons. The minimum Gasteiger partial charge on any atom is -0.388 e. The van der Waals surface area contributed by atoms with Gasteiger partial charge in [-0.05, 0) is 15.9 Å². The Bertz CT molecular complexity index is 345. The summed E-state index contributed by atoms with van der Waals surface area (Å²) < 4.78 is 51.7. The van der Waals surface area contributed by atoms with Crippen molar-refractivity contribution >= 4 is 15.9 Å². The third kappa shape index (κ3) is 3.31. The van der Waals surface area contributed by atoms with Crippen molar-refractivity contribution in [3.63, 3.8) is 0 Å². The van der Waals surface area contributed by atoms with E-state index in [1.165, 1.54) is 0 Å². The number of nitrogens with two attached hydrogens (primary N) is 1. The molecule has 1 rings (SSSR count). The summed E-state index contributed by atoms with van der Waals surface area (Å²) in [5.74, 6) is -1.78. The first kappa shape index (κ1) is 12.2. The molecule has 0 aliphatic carbocycles. The number of rotatable bonds is 2. The average molecular weight is 289 g/mol. The van der Waals surface area contributed by atoms with Gasteiger partial charge in [0.2, 0.25) is 5.88 Å². The zero-order chi connectivity index (χ0) is 11.6. The number of ether oxygens (including phenoxy) is 1. The van der Waals surface area contributed by atoms with E-state index in [-0.39, 0.29) is 16.7 Å². The molecule has 0 amide bonds. The van der Waals surface area contributed by atoms with Gasteiger partial charge < -0.3 is 10.5 Å². The molecule has 0 aliphatic heterocycles. The highest BCUT2D eigenvalue weighted by Gasteiger charge is 2.32. The summed E-state index contributed by atoms with van der Waals surface area (Å²) in [5.41, 5.74) is 5.15. The van der Waals surface area contributed by atoms with Gasteiger partial charge in [0.15, 0.2) is 0 Å². The van der Waals surface area contributed by atoms with Crippen LogP contribution >= 0.6 is 15.9 Å². The van der Waals surface area contributed by atoms with Gasteiger partial charge in [0.1, 0.15) is 10.4 Å². The van der Waals surface area contributed by atoms with Gasteiger partial charge in [0, 0.05) is 18.2 Å². The quantitative estimate of drug-likeness (QED) is 0.671. The summed E-state index contributed by atoms with van der Waals surface area (Å²) in [4.78, 5) is 3.34. The lowest BCUT2D eigenvalue weighted by Crippen LogP contribution is -2.18. The smallest absolute Gasteiger partial charge is 0.388 e. The zero-order valence-electron chi connectivity index (χ0n) is 7.11. The Hall–Kier alpha value is -0.890. The molecule has 1 heterocycles. The minimum atomic E-state index is -4.90. The van der Waals surface area contributed by atoms with Crippen molar-refractivity contribution in [3.8, 4) is 5.88 Å². The Morgan fingerprint density at radius 2 is 2.07 bits per heavy atom. The summed E-state index contributed by atoms with van der Waals surface area (Å²) in [7, 11) is 0. The van der Waals surface area contributed by atoms with Gasteiger partial charge >= 0.3 is 6.36 Å². The van der Waals surface area contributed by atoms with E-state index < -0.39 is 18.1 Å². The first-order valence-electron chi connectivity index (χ1n) is 3.64. The maximum atomic E-state index is 13.1. The second kappa shape index (κ2) is 4.31. The SMILES string of the molecule is NCc1c(F)cc(OC(F)(F)F)nc1Br. The Labute approximate surface area is 90.4 Å². The van der Waals surface area contributed by atoms with Crippen LogP contribution in [0.2, 0.25) is 0 Å². The molecule has 3 nitrogen and oxygen atoms in total. The lowest BCUT2D eigenvalue weighted by Gasteiger charge is -2.09. The molecule has 0 fully saturated rings. The lowest BCUT2D eigenvalue weighted by atomic mass is 10.3. The molecule has 0 unspecified atom stereocenters. The van der Waals surface area contributed by atoms with E-state index in [1.54, 1.807) is 0 Å². The fourth-order valence-corrected chi connectivity index (χ4v) is 1.37. The van der Waals surface area contributed by atoms with Crippen LogP contribution < -0.4 is 10.5 Å². The highest BCUT2D eigenvalue weighted by molar-refractivity contribution is 9.10. The van der Waals surface area contributed by atoms with Crippen molar-refractivity contribution in [2.75, 3.05) is 0 Å². The van der Waals surface area contributed by atoms with Crippen molar-refractivity contribution in [1.29, 1.82) is 0 Å². The summed E-state index contributed by atoms with van der Waals surface area (Å²) in [6.45, 7) is -0.175. The normalized spacial score (nSPS) is 11.6. The molecule has 0 atom stereocenters. The maximum absolute atomic E-state index is 13.1. The maximum Gasteiger partial charge on any atom is 0.574 e. The third-order valence-electron chi connectivity index (χ3n) is 1.42. The zero-order valence-corrected chi connectivity index (χ0v) is 8.69. The van der Waals surface area contributed by atoms with E-state index in [4.69, 9.17) is 5.73 Å². The molecular formula is C7H5BrF4N2O. The van der Waals surface area contributed by atoms with Gasteiger partial charge in [0.05, 0.1) is 0 Å². The molecule has 0 spiro atoms. The van der Waals surface area contributed by atoms with Crippen molar-refractivity contribution < 1.29 is 22.3 Å². The van der Waals surface area contributed by atoms with Crippen LogP contribution in [0.15, 0.2) is 10.7 Å². The van der Waals surface area contributed by atoms with Crippen LogP contribution in [0.25, 0.3) is 0 Å². The van der Waals surface area contributed by atoms with Crippen molar-refractivity contribution in [3.05, 3.63) is 22.1 Å². The predicted octanol–water partition coefficient (Wildman–Crippen LogP) is 2.34. The van der Waals surface area contributed by atoms with Crippen LogP contribution in [-0.2, 0) is 6.54 Å². The van der Waals surface area contributed by atoms with E-state index in [9.17, 15) is 17.6 Å². The number of nitrogens with zero attached hydrogens (tertiary/aromatic N) is 1. The number of aromatic nitrogens is 1. The Balaban J connectivity index is 3.04. The van der Waals surface area contributed by atoms with Crippen molar-refractivity contribution in [2.24, 2.45) is 5.73 Å². The highest BCUT2D eigenvalue weighted by atomic mass is 79.9. The molecular weight excluding hydrogens is 284 g/mol. The standard InChI is InChI=1S/C7H5BrF4N2O/c8-6-3(2-13)4(9)1-5(14-6)15-7(10,11)12/h1H,2,13H2. The molecule has 1 aromatic rings. The molecule has 0 saturated heterocycles. The molecule has 0 bridgehead atoms. The molecule has 0 aliphatic rings. The highest BCUT2D eigenvalue weighted by Crippen LogP contribution is 2.26. The van der Waals surface area contributed by atoms with E-state index in [0.29, 0.717) is 6.07 Å². The van der Waals surface area contributed by atoms with Gasteiger partial charge in [-0.1, -0.05) is 0 Å². The molecule has 15 heavy (non-hydrogen) atoms. The number of pyridine rings is 1. The lowest BCUT2D eigenvalue weighted by molar-refractivity contribution is -0.276. The van der Waals surface area contributed by atoms with Gasteiger partial charge in [-0.25, -0.2) is 9.37 Å². The summed E-state index contributed by atoms with van der Waals surface area (Å²) in [5, 5.41) is 0. The van der Waals surface area contributed by atoms with E-state index in [2.05, 4.69) is 25.7 Å². The minimum absolute atomic E-state index is 0.00970. The molecule has 2 N–H and O–H groups in total. The molecule has 8 heteroatoms. The van der Waals surface area contributed by atoms with Crippen LogP contribution in [0.3, 0.4) is 0 Å². The van der Waals surface area contributed by atoms with Crippen molar-refractivity contribution in [1.82, 2.24) is 4.98 Å². The Kier molecular flexibility index (Phi) is 3.50. The third-order valence-corrected chi connectivity index (χ3v) is 2.08. The summed E-state index contributed by atoms with van der Waals surface area (Å²) >= 11 is 2.79. The van der Waals surface area contributed by atoms with E-state index in [1.807, 2.05) is 0 Å². The number of hydrogen-bond donors (Lipinski definition) is 1. The Morgan fingerprint density at radius 1 is 1.47 bits per heavy atom. The summed E-state index contributed by atoms with van der Waals surface area (Å²) in [6.07, 6.45) is -4.90. The summed E-state index contributed by atoms with van der Waals surface area (Å²) in [6, 6.07) is 0.528. The number of halogens is 5. The monoisotopic (exact) mass is 288 g/mol. The average Bonchev–Trinajstić information content (AvgIpc) is 1.99. The van der Waals surface area contributed by atoms with Crippen LogP contribution in [0.5, 0.6) is 5.88 Å². The second-order valence-corrected chi connectivity index (χ2v) is 3.21. The molecule has 1 aromatic heterocycles.